The van der Waals surface area contributed by atoms with E-state index in [2.05, 4.69) is 22.5 Å². The van der Waals surface area contributed by atoms with Gasteiger partial charge in [-0.3, -0.25) is 4.99 Å². The minimum absolute atomic E-state index is 0. The van der Waals surface area contributed by atoms with Gasteiger partial charge in [0.15, 0.2) is 5.96 Å². The van der Waals surface area contributed by atoms with Crippen molar-refractivity contribution in [1.29, 1.82) is 0 Å². The third kappa shape index (κ3) is 14.8. The van der Waals surface area contributed by atoms with Crippen LogP contribution in [0.3, 0.4) is 0 Å². The lowest BCUT2D eigenvalue weighted by Crippen LogP contribution is -2.39. The van der Waals surface area contributed by atoms with Crippen molar-refractivity contribution < 1.29 is 14.6 Å². The first kappa shape index (κ1) is 26.1. The number of ether oxygens (including phenoxy) is 2. The third-order valence-corrected chi connectivity index (χ3v) is 3.67. The van der Waals surface area contributed by atoms with Gasteiger partial charge in [0.05, 0.1) is 32.5 Å². The first-order valence-corrected chi connectivity index (χ1v) is 9.65. The van der Waals surface area contributed by atoms with Gasteiger partial charge in [-0.25, -0.2) is 0 Å². The predicted molar refractivity (Wildman–Crippen MR) is 122 cm³/mol. The lowest BCUT2D eigenvalue weighted by molar-refractivity contribution is 0.0487. The molecule has 156 valence electrons. The number of halogens is 1. The van der Waals surface area contributed by atoms with E-state index in [1.54, 1.807) is 0 Å². The Kier molecular flexibility index (Phi) is 17.8. The molecule has 0 radical (unpaired) electrons. The number of nitrogens with one attached hydrogen (secondary N) is 2. The first-order valence-electron chi connectivity index (χ1n) is 9.65. The molecule has 27 heavy (non-hydrogen) atoms. The Bertz CT molecular complexity index is 475. The van der Waals surface area contributed by atoms with Crippen molar-refractivity contribution in [3.63, 3.8) is 0 Å². The maximum atomic E-state index is 10.1. The molecule has 0 fully saturated rings. The van der Waals surface area contributed by atoms with Crippen molar-refractivity contribution in [3.8, 4) is 0 Å². The van der Waals surface area contributed by atoms with Crippen LogP contribution in [-0.2, 0) is 15.9 Å². The maximum absolute atomic E-state index is 10.1. The molecule has 0 aliphatic carbocycles. The topological polar surface area (TPSA) is 75.1 Å². The normalized spacial score (nSPS) is 12.3. The Morgan fingerprint density at radius 3 is 2.41 bits per heavy atom. The number of rotatable bonds is 14. The second kappa shape index (κ2) is 18.5. The van der Waals surface area contributed by atoms with Gasteiger partial charge in [-0.15, -0.1) is 24.0 Å². The number of benzene rings is 1. The Morgan fingerprint density at radius 2 is 1.74 bits per heavy atom. The molecule has 0 spiro atoms. The summed E-state index contributed by atoms with van der Waals surface area (Å²) in [6, 6.07) is 9.96. The molecule has 3 N–H and O–H groups in total. The molecular weight excluding hydrogens is 457 g/mol. The van der Waals surface area contributed by atoms with Gasteiger partial charge in [-0.05, 0) is 18.9 Å². The minimum atomic E-state index is -0.496. The van der Waals surface area contributed by atoms with Crippen molar-refractivity contribution in [2.24, 2.45) is 4.99 Å². The molecule has 0 saturated carbocycles. The van der Waals surface area contributed by atoms with Crippen LogP contribution in [0.4, 0.5) is 0 Å². The van der Waals surface area contributed by atoms with Gasteiger partial charge in [0.2, 0.25) is 0 Å². The van der Waals surface area contributed by atoms with E-state index >= 15 is 0 Å². The van der Waals surface area contributed by atoms with Crippen LogP contribution in [0, 0.1) is 0 Å². The summed E-state index contributed by atoms with van der Waals surface area (Å²) in [5, 5.41) is 16.5. The predicted octanol–water partition coefficient (Wildman–Crippen LogP) is 2.60. The smallest absolute Gasteiger partial charge is 0.191 e. The molecule has 1 rings (SSSR count). The largest absolute Gasteiger partial charge is 0.391 e. The summed E-state index contributed by atoms with van der Waals surface area (Å²) in [7, 11) is 0. The van der Waals surface area contributed by atoms with E-state index in [0.29, 0.717) is 45.3 Å². The first-order chi connectivity index (χ1) is 12.8. The van der Waals surface area contributed by atoms with Gasteiger partial charge >= 0.3 is 0 Å². The number of hydrogen-bond acceptors (Lipinski definition) is 4. The molecule has 7 heteroatoms. The van der Waals surface area contributed by atoms with Gasteiger partial charge < -0.3 is 25.2 Å². The average molecular weight is 493 g/mol. The van der Waals surface area contributed by atoms with Crippen molar-refractivity contribution in [2.45, 2.75) is 39.2 Å². The molecule has 0 bridgehead atoms. The van der Waals surface area contributed by atoms with E-state index in [9.17, 15) is 5.11 Å². The molecule has 0 aromatic heterocycles. The second-order valence-electron chi connectivity index (χ2n) is 6.07. The van der Waals surface area contributed by atoms with Crippen molar-refractivity contribution >= 4 is 29.9 Å². The standard InChI is InChI=1S/C20H35N3O3.HI/c1-3-5-12-25-14-15-26-13-11-22-20(21-4-2)23-17-19(24)16-18-9-7-6-8-10-18;/h6-10,19,24H,3-5,11-17H2,1-2H3,(H2,21,22,23);1H. The number of hydrogen-bond donors (Lipinski definition) is 3. The summed E-state index contributed by atoms with van der Waals surface area (Å²) in [6.45, 7) is 8.60. The summed E-state index contributed by atoms with van der Waals surface area (Å²) in [5.41, 5.74) is 1.11. The number of aliphatic hydroxyl groups excluding tert-OH is 1. The van der Waals surface area contributed by atoms with Gasteiger partial charge in [0.25, 0.3) is 0 Å². The van der Waals surface area contributed by atoms with Crippen LogP contribution in [0.1, 0.15) is 32.3 Å². The average Bonchev–Trinajstić information content (AvgIpc) is 2.65. The van der Waals surface area contributed by atoms with Crippen LogP contribution in [0.2, 0.25) is 0 Å². The highest BCUT2D eigenvalue weighted by molar-refractivity contribution is 14.0. The zero-order valence-corrected chi connectivity index (χ0v) is 19.0. The maximum Gasteiger partial charge on any atom is 0.191 e. The quantitative estimate of drug-likeness (QED) is 0.161. The zero-order valence-electron chi connectivity index (χ0n) is 16.7. The van der Waals surface area contributed by atoms with Crippen LogP contribution in [0.15, 0.2) is 35.3 Å². The number of nitrogens with zero attached hydrogens (tertiary/aromatic N) is 1. The number of guanidine groups is 1. The van der Waals surface area contributed by atoms with Crippen LogP contribution in [0.5, 0.6) is 0 Å². The Morgan fingerprint density at radius 1 is 1.04 bits per heavy atom. The number of aliphatic imine (C=N–C) groups is 1. The van der Waals surface area contributed by atoms with Crippen molar-refractivity contribution in [1.82, 2.24) is 10.6 Å². The van der Waals surface area contributed by atoms with Crippen LogP contribution >= 0.6 is 24.0 Å². The Labute approximate surface area is 181 Å². The fraction of sp³-hybridized carbons (Fsp3) is 0.650. The lowest BCUT2D eigenvalue weighted by atomic mass is 10.1. The highest BCUT2D eigenvalue weighted by Crippen LogP contribution is 2.03. The van der Waals surface area contributed by atoms with Gasteiger partial charge in [0.1, 0.15) is 0 Å². The molecule has 1 unspecified atom stereocenters. The van der Waals surface area contributed by atoms with E-state index in [0.717, 1.165) is 31.6 Å². The molecule has 1 atom stereocenters. The summed E-state index contributed by atoms with van der Waals surface area (Å²) >= 11 is 0. The summed E-state index contributed by atoms with van der Waals surface area (Å²) in [5.74, 6) is 0.697. The van der Waals surface area contributed by atoms with Crippen LogP contribution in [-0.4, -0.2) is 63.2 Å². The highest BCUT2D eigenvalue weighted by Gasteiger charge is 2.05. The van der Waals surface area contributed by atoms with Gasteiger partial charge in [-0.2, -0.15) is 0 Å². The molecular formula is C20H36IN3O3. The molecule has 1 aromatic rings. The molecule has 0 aliphatic heterocycles. The van der Waals surface area contributed by atoms with Gasteiger partial charge in [-0.1, -0.05) is 43.7 Å². The monoisotopic (exact) mass is 493 g/mol. The SMILES string of the molecule is CCCCOCCOCCNC(=NCC(O)Cc1ccccc1)NCC.I. The second-order valence-corrected chi connectivity index (χ2v) is 6.07. The molecule has 0 heterocycles. The highest BCUT2D eigenvalue weighted by atomic mass is 127. The van der Waals surface area contributed by atoms with Crippen LogP contribution in [0.25, 0.3) is 0 Å². The summed E-state index contributed by atoms with van der Waals surface area (Å²) < 4.78 is 11.0. The third-order valence-electron chi connectivity index (χ3n) is 3.67. The number of unbranched alkanes of at least 4 members (excludes halogenated alkanes) is 1. The van der Waals surface area contributed by atoms with E-state index in [-0.39, 0.29) is 24.0 Å². The lowest BCUT2D eigenvalue weighted by Gasteiger charge is -2.13. The Hall–Kier alpha value is -0.900. The Balaban J connectivity index is 0.00000676. The zero-order chi connectivity index (χ0) is 18.9. The molecule has 0 amide bonds. The fourth-order valence-electron chi connectivity index (χ4n) is 2.30. The van der Waals surface area contributed by atoms with E-state index in [1.807, 2.05) is 37.3 Å². The van der Waals surface area contributed by atoms with Gasteiger partial charge in [0, 0.05) is 26.1 Å². The van der Waals surface area contributed by atoms with E-state index < -0.39 is 6.10 Å². The fourth-order valence-corrected chi connectivity index (χ4v) is 2.30. The molecule has 1 aromatic carbocycles. The van der Waals surface area contributed by atoms with Crippen LogP contribution < -0.4 is 10.6 Å². The number of aliphatic hydroxyl groups is 1. The molecule has 6 nitrogen and oxygen atoms in total. The molecule has 0 saturated heterocycles. The van der Waals surface area contributed by atoms with Crippen molar-refractivity contribution in [2.75, 3.05) is 46.1 Å². The summed E-state index contributed by atoms with van der Waals surface area (Å²) in [6.07, 6.45) is 2.35. The molecule has 0 aliphatic rings. The van der Waals surface area contributed by atoms with E-state index in [4.69, 9.17) is 9.47 Å². The van der Waals surface area contributed by atoms with E-state index in [1.165, 1.54) is 0 Å². The minimum Gasteiger partial charge on any atom is -0.391 e. The van der Waals surface area contributed by atoms with Crippen molar-refractivity contribution in [3.05, 3.63) is 35.9 Å². The summed E-state index contributed by atoms with van der Waals surface area (Å²) in [4.78, 5) is 4.44.